The Labute approximate surface area is 225 Å². The molecule has 0 aliphatic carbocycles. The fourth-order valence-corrected chi connectivity index (χ4v) is 4.88. The second-order valence-electron chi connectivity index (χ2n) is 8.17. The first-order valence-electron chi connectivity index (χ1n) is 12.0. The summed E-state index contributed by atoms with van der Waals surface area (Å²) in [6.07, 6.45) is 2.03. The van der Waals surface area contributed by atoms with Crippen LogP contribution in [0, 0.1) is 5.82 Å². The van der Waals surface area contributed by atoms with Crippen LogP contribution in [0.3, 0.4) is 0 Å². The first-order valence-corrected chi connectivity index (χ1v) is 13.2. The number of nitrogens with two attached hydrogens (primary N) is 1. The summed E-state index contributed by atoms with van der Waals surface area (Å²) in [6.45, 7) is 5.59. The molecule has 2 amide bonds. The van der Waals surface area contributed by atoms with Crippen LogP contribution in [0.2, 0.25) is 5.02 Å². The molecule has 2 aliphatic rings. The zero-order valence-electron chi connectivity index (χ0n) is 21.0. The average Bonchev–Trinajstić information content (AvgIpc) is 3.37. The van der Waals surface area contributed by atoms with Crippen LogP contribution in [0.5, 0.6) is 0 Å². The van der Waals surface area contributed by atoms with Crippen molar-refractivity contribution < 1.29 is 18.7 Å². The van der Waals surface area contributed by atoms with E-state index >= 15 is 0 Å². The first kappa shape index (κ1) is 28.5. The predicted octanol–water partition coefficient (Wildman–Crippen LogP) is 5.57. The van der Waals surface area contributed by atoms with E-state index in [4.69, 9.17) is 22.1 Å². The lowest BCUT2D eigenvalue weighted by molar-refractivity contribution is -0.125. The number of carbonyl (C=O) groups is 2. The zero-order valence-corrected chi connectivity index (χ0v) is 22.6. The molecule has 4 rings (SSSR count). The number of rotatable bonds is 8. The molecule has 198 valence electrons. The maximum atomic E-state index is 14.6. The lowest BCUT2D eigenvalue weighted by atomic mass is 10.0. The molecule has 2 heterocycles. The van der Waals surface area contributed by atoms with E-state index in [2.05, 4.69) is 27.2 Å². The minimum absolute atomic E-state index is 0.0479. The van der Waals surface area contributed by atoms with E-state index in [-0.39, 0.29) is 22.1 Å². The van der Waals surface area contributed by atoms with Gasteiger partial charge in [-0.15, -0.1) is 0 Å². The summed E-state index contributed by atoms with van der Waals surface area (Å²) < 4.78 is 23.1. The number of anilines is 1. The minimum atomic E-state index is -0.798. The fourth-order valence-electron chi connectivity index (χ4n) is 3.94. The number of amides is 2. The molecule has 0 saturated heterocycles. The third-order valence-corrected chi connectivity index (χ3v) is 6.95. The number of aliphatic imine (C=N–C) groups is 1. The van der Waals surface area contributed by atoms with Crippen LogP contribution in [0.15, 0.2) is 52.0 Å². The number of hydrogen-bond acceptors (Lipinski definition) is 7. The summed E-state index contributed by atoms with van der Waals surface area (Å²) in [5, 5.41) is 2.43. The molecule has 4 N–H and O–H groups in total. The van der Waals surface area contributed by atoms with E-state index < -0.39 is 18.0 Å². The molecule has 37 heavy (non-hydrogen) atoms. The van der Waals surface area contributed by atoms with E-state index in [9.17, 15) is 14.0 Å². The Morgan fingerprint density at radius 3 is 2.89 bits per heavy atom. The monoisotopic (exact) mass is 547 g/mol. The van der Waals surface area contributed by atoms with Crippen molar-refractivity contribution in [1.29, 1.82) is 0 Å². The number of fused-ring (bicyclic) bond motifs is 2. The number of benzene rings is 2. The van der Waals surface area contributed by atoms with Gasteiger partial charge in [-0.25, -0.2) is 9.18 Å². The van der Waals surface area contributed by atoms with Crippen LogP contribution in [0.4, 0.5) is 14.9 Å². The van der Waals surface area contributed by atoms with E-state index in [1.807, 2.05) is 19.9 Å². The fraction of sp³-hybridized carbons (Fsp3) is 0.346. The molecule has 0 spiro atoms. The third-order valence-electron chi connectivity index (χ3n) is 5.75. The molecule has 2 aromatic carbocycles. The number of cyclic esters (lactones) is 1. The molecule has 8 nitrogen and oxygen atoms in total. The molecule has 0 bridgehead atoms. The Morgan fingerprint density at radius 2 is 2.14 bits per heavy atom. The molecule has 0 fully saturated rings. The quantitative estimate of drug-likeness (QED) is 0.226. The molecular formula is C26H31ClFN5O3S. The molecule has 0 saturated carbocycles. The SMILES string of the molecule is CC.CN(CCCC1OC(=O)Nc2ccc(Cl)c(F)c21)C(=O)/C(C=NCc1ccc2c(c1)CNS2)=C/N. The minimum Gasteiger partial charge on any atom is -0.441 e. The van der Waals surface area contributed by atoms with Gasteiger partial charge in [0.05, 0.1) is 28.4 Å². The highest BCUT2D eigenvalue weighted by atomic mass is 35.5. The maximum absolute atomic E-state index is 14.6. The van der Waals surface area contributed by atoms with Gasteiger partial charge in [-0.2, -0.15) is 0 Å². The summed E-state index contributed by atoms with van der Waals surface area (Å²) in [4.78, 5) is 31.7. The van der Waals surface area contributed by atoms with Gasteiger partial charge in [-0.3, -0.25) is 19.8 Å². The number of hydrogen-bond donors (Lipinski definition) is 3. The van der Waals surface area contributed by atoms with Crippen molar-refractivity contribution in [1.82, 2.24) is 9.62 Å². The van der Waals surface area contributed by atoms with Crippen LogP contribution >= 0.6 is 23.5 Å². The number of ether oxygens (including phenoxy) is 1. The van der Waals surface area contributed by atoms with Gasteiger partial charge in [-0.1, -0.05) is 37.6 Å². The molecular weight excluding hydrogens is 517 g/mol. The van der Waals surface area contributed by atoms with Crippen LogP contribution in [-0.4, -0.2) is 36.7 Å². The highest BCUT2D eigenvalue weighted by Gasteiger charge is 2.30. The van der Waals surface area contributed by atoms with Gasteiger partial charge in [0.25, 0.3) is 5.91 Å². The highest BCUT2D eigenvalue weighted by molar-refractivity contribution is 7.97. The molecule has 11 heteroatoms. The number of nitrogens with zero attached hydrogens (tertiary/aromatic N) is 2. The van der Waals surface area contributed by atoms with Crippen LogP contribution in [-0.2, 0) is 22.6 Å². The van der Waals surface area contributed by atoms with Crippen molar-refractivity contribution in [3.8, 4) is 0 Å². The van der Waals surface area contributed by atoms with Crippen LogP contribution in [0.1, 0.15) is 49.5 Å². The van der Waals surface area contributed by atoms with Gasteiger partial charge >= 0.3 is 6.09 Å². The largest absolute Gasteiger partial charge is 0.441 e. The molecule has 0 aromatic heterocycles. The summed E-state index contributed by atoms with van der Waals surface area (Å²) in [6, 6.07) is 9.09. The van der Waals surface area contributed by atoms with Crippen molar-refractivity contribution in [2.75, 3.05) is 18.9 Å². The van der Waals surface area contributed by atoms with E-state index in [0.717, 1.165) is 12.1 Å². The van der Waals surface area contributed by atoms with Gasteiger partial charge in [0.15, 0.2) is 5.82 Å². The van der Waals surface area contributed by atoms with Gasteiger partial charge in [-0.05, 0) is 54.1 Å². The van der Waals surface area contributed by atoms with Crippen molar-refractivity contribution in [2.24, 2.45) is 10.7 Å². The smallest absolute Gasteiger partial charge is 0.412 e. The van der Waals surface area contributed by atoms with Crippen molar-refractivity contribution in [3.63, 3.8) is 0 Å². The van der Waals surface area contributed by atoms with E-state index in [0.29, 0.717) is 31.6 Å². The number of nitrogens with one attached hydrogen (secondary N) is 2. The number of likely N-dealkylation sites (N-methyl/N-ethyl adjacent to an activating group) is 1. The zero-order chi connectivity index (χ0) is 26.9. The Hall–Kier alpha value is -3.08. The summed E-state index contributed by atoms with van der Waals surface area (Å²) in [5.41, 5.74) is 8.77. The third kappa shape index (κ3) is 7.03. The summed E-state index contributed by atoms with van der Waals surface area (Å²) in [5.74, 6) is -0.913. The second kappa shape index (κ2) is 13.5. The molecule has 2 aromatic rings. The summed E-state index contributed by atoms with van der Waals surface area (Å²) in [7, 11) is 1.64. The molecule has 1 unspecified atom stereocenters. The standard InChI is InChI=1S/C24H25ClFN5O3S.C2H6/c1-31(8-2-3-19-21-18(30-24(33)34-19)6-5-17(25)22(21)26)23(32)16(10-27)12-28-11-14-4-7-20-15(9-14)13-29-35-20;1-2/h4-7,9-10,12,19,29H,2-3,8,11,13,27H2,1H3,(H,30,33);1-2H3/b16-10+,28-12?;. The van der Waals surface area contributed by atoms with Crippen molar-refractivity contribution in [2.45, 2.75) is 50.8 Å². The predicted molar refractivity (Wildman–Crippen MR) is 146 cm³/mol. The Kier molecular flexibility index (Phi) is 10.4. The first-order chi connectivity index (χ1) is 17.9. The second-order valence-corrected chi connectivity index (χ2v) is 9.51. The van der Waals surface area contributed by atoms with Crippen molar-refractivity contribution >= 4 is 47.5 Å². The van der Waals surface area contributed by atoms with Crippen LogP contribution < -0.4 is 15.8 Å². The van der Waals surface area contributed by atoms with Crippen molar-refractivity contribution in [3.05, 3.63) is 69.6 Å². The molecule has 2 aliphatic heterocycles. The normalized spacial score (nSPS) is 16.3. The Morgan fingerprint density at radius 1 is 1.35 bits per heavy atom. The number of halogens is 2. The van der Waals surface area contributed by atoms with E-state index in [1.54, 1.807) is 25.1 Å². The van der Waals surface area contributed by atoms with Gasteiger partial charge in [0, 0.05) is 37.4 Å². The number of carbonyl (C=O) groups excluding carboxylic acids is 2. The topological polar surface area (TPSA) is 109 Å². The van der Waals surface area contributed by atoms with Gasteiger partial charge in [0.1, 0.15) is 6.10 Å². The highest BCUT2D eigenvalue weighted by Crippen LogP contribution is 2.38. The van der Waals surface area contributed by atoms with Gasteiger partial charge < -0.3 is 15.4 Å². The lowest BCUT2D eigenvalue weighted by Crippen LogP contribution is -2.31. The summed E-state index contributed by atoms with van der Waals surface area (Å²) >= 11 is 7.51. The molecule has 1 atom stereocenters. The Balaban J connectivity index is 0.00000186. The lowest BCUT2D eigenvalue weighted by Gasteiger charge is -2.27. The van der Waals surface area contributed by atoms with E-state index in [1.165, 1.54) is 33.8 Å². The van der Waals surface area contributed by atoms with Crippen LogP contribution in [0.25, 0.3) is 0 Å². The maximum Gasteiger partial charge on any atom is 0.412 e. The average molecular weight is 548 g/mol. The molecule has 0 radical (unpaired) electrons. The van der Waals surface area contributed by atoms with Gasteiger partial charge in [0.2, 0.25) is 0 Å². The Bertz CT molecular complexity index is 1210.